The molecule has 5 heteroatoms. The van der Waals surface area contributed by atoms with Crippen molar-refractivity contribution < 1.29 is 9.18 Å². The highest BCUT2D eigenvalue weighted by atomic mass is 79.9. The predicted octanol–water partition coefficient (Wildman–Crippen LogP) is 2.41. The Morgan fingerprint density at radius 2 is 2.33 bits per heavy atom. The van der Waals surface area contributed by atoms with Gasteiger partial charge in [0.1, 0.15) is 5.82 Å². The SMILES string of the molecule is CNC1CCCN(C(=O)c2ccc(Br)cc2F)C1. The molecular weight excluding hydrogens is 299 g/mol. The van der Waals surface area contributed by atoms with E-state index in [1.54, 1.807) is 11.0 Å². The summed E-state index contributed by atoms with van der Waals surface area (Å²) in [6.07, 6.45) is 2.01. The number of nitrogens with one attached hydrogen (secondary N) is 1. The van der Waals surface area contributed by atoms with E-state index in [9.17, 15) is 9.18 Å². The lowest BCUT2D eigenvalue weighted by molar-refractivity contribution is 0.0693. The van der Waals surface area contributed by atoms with Crippen molar-refractivity contribution in [3.8, 4) is 0 Å². The quantitative estimate of drug-likeness (QED) is 0.909. The van der Waals surface area contributed by atoms with Crippen molar-refractivity contribution in [2.45, 2.75) is 18.9 Å². The fraction of sp³-hybridized carbons (Fsp3) is 0.462. The van der Waals surface area contributed by atoms with E-state index in [0.29, 0.717) is 23.6 Å². The van der Waals surface area contributed by atoms with Gasteiger partial charge in [-0.25, -0.2) is 4.39 Å². The topological polar surface area (TPSA) is 32.3 Å². The normalized spacial score (nSPS) is 19.9. The maximum atomic E-state index is 13.7. The summed E-state index contributed by atoms with van der Waals surface area (Å²) >= 11 is 3.19. The number of likely N-dealkylation sites (N-methyl/N-ethyl adjacent to an activating group) is 1. The van der Waals surface area contributed by atoms with Gasteiger partial charge in [-0.05, 0) is 38.1 Å². The third-order valence-corrected chi connectivity index (χ3v) is 3.77. The number of carbonyl (C=O) groups is 1. The Labute approximate surface area is 114 Å². The molecule has 18 heavy (non-hydrogen) atoms. The van der Waals surface area contributed by atoms with Crippen LogP contribution >= 0.6 is 15.9 Å². The van der Waals surface area contributed by atoms with Crippen LogP contribution in [0.25, 0.3) is 0 Å². The number of rotatable bonds is 2. The molecule has 1 unspecified atom stereocenters. The minimum absolute atomic E-state index is 0.148. The number of carbonyl (C=O) groups excluding carboxylic acids is 1. The number of hydrogen-bond donors (Lipinski definition) is 1. The molecule has 0 aliphatic carbocycles. The molecular formula is C13H16BrFN2O. The van der Waals surface area contributed by atoms with E-state index in [2.05, 4.69) is 21.2 Å². The second-order valence-electron chi connectivity index (χ2n) is 4.50. The second kappa shape index (κ2) is 5.80. The van der Waals surface area contributed by atoms with Crippen molar-refractivity contribution in [3.05, 3.63) is 34.1 Å². The number of benzene rings is 1. The highest BCUT2D eigenvalue weighted by molar-refractivity contribution is 9.10. The molecule has 1 atom stereocenters. The Bertz CT molecular complexity index is 453. The number of nitrogens with zero attached hydrogens (tertiary/aromatic N) is 1. The van der Waals surface area contributed by atoms with Crippen molar-refractivity contribution in [2.75, 3.05) is 20.1 Å². The van der Waals surface area contributed by atoms with Gasteiger partial charge in [-0.3, -0.25) is 4.79 Å². The monoisotopic (exact) mass is 314 g/mol. The molecule has 1 heterocycles. The molecule has 98 valence electrons. The van der Waals surface area contributed by atoms with E-state index in [4.69, 9.17) is 0 Å². The van der Waals surface area contributed by atoms with Gasteiger partial charge >= 0.3 is 0 Å². The summed E-state index contributed by atoms with van der Waals surface area (Å²) in [4.78, 5) is 14.0. The zero-order valence-electron chi connectivity index (χ0n) is 10.2. The van der Waals surface area contributed by atoms with Crippen LogP contribution in [0.3, 0.4) is 0 Å². The number of amides is 1. The first-order chi connectivity index (χ1) is 8.61. The standard InChI is InChI=1S/C13H16BrFN2O/c1-16-10-3-2-6-17(8-10)13(18)11-5-4-9(14)7-12(11)15/h4-5,7,10,16H,2-3,6,8H2,1H3. The van der Waals surface area contributed by atoms with Gasteiger partial charge in [0.15, 0.2) is 0 Å². The van der Waals surface area contributed by atoms with Crippen LogP contribution in [0.5, 0.6) is 0 Å². The molecule has 0 saturated carbocycles. The van der Waals surface area contributed by atoms with Crippen LogP contribution in [0.1, 0.15) is 23.2 Å². The minimum Gasteiger partial charge on any atom is -0.337 e. The molecule has 2 rings (SSSR count). The molecule has 1 amide bonds. The Hall–Kier alpha value is -0.940. The zero-order valence-corrected chi connectivity index (χ0v) is 11.8. The summed E-state index contributed by atoms with van der Waals surface area (Å²) in [6, 6.07) is 4.86. The zero-order chi connectivity index (χ0) is 13.1. The van der Waals surface area contributed by atoms with Crippen LogP contribution in [0.4, 0.5) is 4.39 Å². The number of hydrogen-bond acceptors (Lipinski definition) is 2. The Balaban J connectivity index is 2.15. The van der Waals surface area contributed by atoms with Crippen LogP contribution in [-0.2, 0) is 0 Å². The van der Waals surface area contributed by atoms with E-state index in [-0.39, 0.29) is 11.5 Å². The third kappa shape index (κ3) is 2.90. The largest absolute Gasteiger partial charge is 0.337 e. The van der Waals surface area contributed by atoms with Gasteiger partial charge in [0.05, 0.1) is 5.56 Å². The molecule has 3 nitrogen and oxygen atoms in total. The van der Waals surface area contributed by atoms with Gasteiger partial charge in [-0.15, -0.1) is 0 Å². The molecule has 1 aliphatic rings. The lowest BCUT2D eigenvalue weighted by Gasteiger charge is -2.32. The highest BCUT2D eigenvalue weighted by Gasteiger charge is 2.25. The summed E-state index contributed by atoms with van der Waals surface area (Å²) < 4.78 is 14.4. The maximum Gasteiger partial charge on any atom is 0.256 e. The van der Waals surface area contributed by atoms with Gasteiger partial charge in [0.2, 0.25) is 0 Å². The molecule has 1 N–H and O–H groups in total. The number of likely N-dealkylation sites (tertiary alicyclic amines) is 1. The first kappa shape index (κ1) is 13.5. The van der Waals surface area contributed by atoms with Gasteiger partial charge in [-0.2, -0.15) is 0 Å². The van der Waals surface area contributed by atoms with Gasteiger partial charge in [-0.1, -0.05) is 15.9 Å². The van der Waals surface area contributed by atoms with Crippen LogP contribution in [0, 0.1) is 5.82 Å². The maximum absolute atomic E-state index is 13.7. The fourth-order valence-corrected chi connectivity index (χ4v) is 2.56. The van der Waals surface area contributed by atoms with E-state index in [1.165, 1.54) is 12.1 Å². The molecule has 1 aromatic carbocycles. The van der Waals surface area contributed by atoms with Crippen molar-refractivity contribution in [1.82, 2.24) is 10.2 Å². The molecule has 0 spiro atoms. The molecule has 1 fully saturated rings. The molecule has 1 saturated heterocycles. The summed E-state index contributed by atoms with van der Waals surface area (Å²) in [7, 11) is 1.89. The molecule has 0 aromatic heterocycles. The van der Waals surface area contributed by atoms with Crippen molar-refractivity contribution in [3.63, 3.8) is 0 Å². The fourth-order valence-electron chi connectivity index (χ4n) is 2.23. The van der Waals surface area contributed by atoms with Crippen molar-refractivity contribution >= 4 is 21.8 Å². The second-order valence-corrected chi connectivity index (χ2v) is 5.42. The molecule has 0 bridgehead atoms. The van der Waals surface area contributed by atoms with Crippen molar-refractivity contribution in [1.29, 1.82) is 0 Å². The summed E-state index contributed by atoms with van der Waals surface area (Å²) in [5.74, 6) is -0.694. The average Bonchev–Trinajstić information content (AvgIpc) is 2.38. The lowest BCUT2D eigenvalue weighted by atomic mass is 10.0. The van der Waals surface area contributed by atoms with Gasteiger partial charge < -0.3 is 10.2 Å². The highest BCUT2D eigenvalue weighted by Crippen LogP contribution is 2.19. The number of halogens is 2. The first-order valence-corrected chi connectivity index (χ1v) is 6.82. The Morgan fingerprint density at radius 3 is 3.00 bits per heavy atom. The van der Waals surface area contributed by atoms with E-state index < -0.39 is 5.82 Å². The average molecular weight is 315 g/mol. The Morgan fingerprint density at radius 1 is 1.56 bits per heavy atom. The van der Waals surface area contributed by atoms with E-state index in [0.717, 1.165) is 12.8 Å². The smallest absolute Gasteiger partial charge is 0.256 e. The lowest BCUT2D eigenvalue weighted by Crippen LogP contribution is -2.47. The minimum atomic E-state index is -0.471. The van der Waals surface area contributed by atoms with Crippen LogP contribution < -0.4 is 5.32 Å². The Kier molecular flexibility index (Phi) is 4.35. The molecule has 0 radical (unpaired) electrons. The summed E-state index contributed by atoms with van der Waals surface area (Å²) in [5.41, 5.74) is 0.148. The van der Waals surface area contributed by atoms with Crippen molar-refractivity contribution in [2.24, 2.45) is 0 Å². The van der Waals surface area contributed by atoms with E-state index in [1.807, 2.05) is 7.05 Å². The van der Waals surface area contributed by atoms with Crippen LogP contribution in [0.2, 0.25) is 0 Å². The molecule has 1 aliphatic heterocycles. The van der Waals surface area contributed by atoms with Crippen LogP contribution in [-0.4, -0.2) is 37.0 Å². The van der Waals surface area contributed by atoms with Gasteiger partial charge in [0, 0.05) is 23.6 Å². The first-order valence-electron chi connectivity index (χ1n) is 6.03. The van der Waals surface area contributed by atoms with E-state index >= 15 is 0 Å². The summed E-state index contributed by atoms with van der Waals surface area (Å²) in [5, 5.41) is 3.17. The summed E-state index contributed by atoms with van der Waals surface area (Å²) in [6.45, 7) is 1.34. The third-order valence-electron chi connectivity index (χ3n) is 3.28. The number of piperidine rings is 1. The van der Waals surface area contributed by atoms with Gasteiger partial charge in [0.25, 0.3) is 5.91 Å². The molecule has 1 aromatic rings. The van der Waals surface area contributed by atoms with Crippen LogP contribution in [0.15, 0.2) is 22.7 Å². The predicted molar refractivity (Wildman–Crippen MR) is 72.1 cm³/mol.